The molecular formula is C14H29N. The molecule has 0 aromatic rings. The number of hydrogen-bond donors (Lipinski definition) is 1. The van der Waals surface area contributed by atoms with Gasteiger partial charge in [-0.25, -0.2) is 0 Å². The zero-order chi connectivity index (χ0) is 11.7. The molecule has 1 N–H and O–H groups in total. The zero-order valence-electron chi connectivity index (χ0n) is 11.1. The minimum absolute atomic E-state index is 0.653. The van der Waals surface area contributed by atoms with E-state index in [0.717, 1.165) is 25.3 Å². The molecule has 1 atom stereocenters. The molecule has 0 spiro atoms. The maximum Gasteiger partial charge on any atom is 0.0104 e. The summed E-state index contributed by atoms with van der Waals surface area (Å²) < 4.78 is 0. The summed E-state index contributed by atoms with van der Waals surface area (Å²) in [5, 5.41) is 3.63. The fourth-order valence-corrected chi connectivity index (χ4v) is 1.65. The van der Waals surface area contributed by atoms with Gasteiger partial charge in [0, 0.05) is 6.04 Å². The first-order valence-corrected chi connectivity index (χ1v) is 6.50. The number of nitrogens with one attached hydrogen (secondary N) is 1. The third-order valence-corrected chi connectivity index (χ3v) is 2.81. The van der Waals surface area contributed by atoms with Gasteiger partial charge in [0.2, 0.25) is 0 Å². The molecule has 1 heteroatoms. The van der Waals surface area contributed by atoms with E-state index in [9.17, 15) is 0 Å². The van der Waals surface area contributed by atoms with E-state index in [-0.39, 0.29) is 0 Å². The van der Waals surface area contributed by atoms with Crippen molar-refractivity contribution in [2.75, 3.05) is 6.54 Å². The van der Waals surface area contributed by atoms with E-state index >= 15 is 0 Å². The van der Waals surface area contributed by atoms with E-state index in [4.69, 9.17) is 0 Å². The Balaban J connectivity index is 3.88. The predicted octanol–water partition coefficient (Wildman–Crippen LogP) is 4.15. The molecule has 0 radical (unpaired) electrons. The van der Waals surface area contributed by atoms with Crippen LogP contribution in [0.1, 0.15) is 59.8 Å². The third-order valence-electron chi connectivity index (χ3n) is 2.81. The molecule has 0 aromatic carbocycles. The van der Waals surface area contributed by atoms with E-state index < -0.39 is 0 Å². The molecular weight excluding hydrogens is 182 g/mol. The van der Waals surface area contributed by atoms with Crippen LogP contribution in [0, 0.1) is 5.92 Å². The van der Waals surface area contributed by atoms with Gasteiger partial charge in [-0.1, -0.05) is 39.8 Å². The summed E-state index contributed by atoms with van der Waals surface area (Å²) in [7, 11) is 0. The van der Waals surface area contributed by atoms with Crippen molar-refractivity contribution in [1.82, 2.24) is 5.32 Å². The lowest BCUT2D eigenvalue weighted by atomic mass is 9.97. The molecule has 0 bridgehead atoms. The van der Waals surface area contributed by atoms with Crippen molar-refractivity contribution in [3.05, 3.63) is 12.2 Å². The molecule has 0 aliphatic rings. The van der Waals surface area contributed by atoms with Crippen LogP contribution >= 0.6 is 0 Å². The number of rotatable bonds is 9. The SMILES string of the molecule is C=C(CC)CC(CCC(C)C)NCCC. The van der Waals surface area contributed by atoms with E-state index in [1.807, 2.05) is 0 Å². The van der Waals surface area contributed by atoms with Crippen molar-refractivity contribution in [2.24, 2.45) is 5.92 Å². The van der Waals surface area contributed by atoms with Crippen LogP contribution in [0.4, 0.5) is 0 Å². The smallest absolute Gasteiger partial charge is 0.0104 e. The molecule has 1 unspecified atom stereocenters. The van der Waals surface area contributed by atoms with E-state index in [2.05, 4.69) is 39.6 Å². The molecule has 0 fully saturated rings. The first-order valence-electron chi connectivity index (χ1n) is 6.50. The maximum absolute atomic E-state index is 4.11. The van der Waals surface area contributed by atoms with Crippen LogP contribution in [-0.4, -0.2) is 12.6 Å². The second-order valence-corrected chi connectivity index (χ2v) is 4.93. The second kappa shape index (κ2) is 8.96. The first kappa shape index (κ1) is 14.7. The van der Waals surface area contributed by atoms with Crippen LogP contribution in [0.25, 0.3) is 0 Å². The van der Waals surface area contributed by atoms with Crippen molar-refractivity contribution in [3.63, 3.8) is 0 Å². The Morgan fingerprint density at radius 3 is 2.33 bits per heavy atom. The zero-order valence-corrected chi connectivity index (χ0v) is 11.1. The minimum Gasteiger partial charge on any atom is -0.314 e. The van der Waals surface area contributed by atoms with Crippen molar-refractivity contribution in [2.45, 2.75) is 65.8 Å². The van der Waals surface area contributed by atoms with Gasteiger partial charge in [0.25, 0.3) is 0 Å². The second-order valence-electron chi connectivity index (χ2n) is 4.93. The monoisotopic (exact) mass is 211 g/mol. The summed E-state index contributed by atoms with van der Waals surface area (Å²) in [6.45, 7) is 14.3. The lowest BCUT2D eigenvalue weighted by molar-refractivity contribution is 0.425. The van der Waals surface area contributed by atoms with Gasteiger partial charge in [0.15, 0.2) is 0 Å². The fourth-order valence-electron chi connectivity index (χ4n) is 1.65. The largest absolute Gasteiger partial charge is 0.314 e. The molecule has 15 heavy (non-hydrogen) atoms. The van der Waals surface area contributed by atoms with E-state index in [0.29, 0.717) is 6.04 Å². The Morgan fingerprint density at radius 2 is 1.87 bits per heavy atom. The minimum atomic E-state index is 0.653. The lowest BCUT2D eigenvalue weighted by Gasteiger charge is -2.20. The van der Waals surface area contributed by atoms with Gasteiger partial charge in [-0.2, -0.15) is 0 Å². The highest BCUT2D eigenvalue weighted by Crippen LogP contribution is 2.14. The molecule has 0 rings (SSSR count). The molecule has 0 aromatic heterocycles. The van der Waals surface area contributed by atoms with E-state index in [1.165, 1.54) is 24.8 Å². The van der Waals surface area contributed by atoms with Crippen molar-refractivity contribution >= 4 is 0 Å². The fraction of sp³-hybridized carbons (Fsp3) is 0.857. The first-order chi connectivity index (χ1) is 7.10. The number of hydrogen-bond acceptors (Lipinski definition) is 1. The normalized spacial score (nSPS) is 13.1. The van der Waals surface area contributed by atoms with Gasteiger partial charge < -0.3 is 5.32 Å². The summed E-state index contributed by atoms with van der Waals surface area (Å²) in [6.07, 6.45) is 6.10. The van der Waals surface area contributed by atoms with Crippen molar-refractivity contribution in [1.29, 1.82) is 0 Å². The highest BCUT2D eigenvalue weighted by atomic mass is 14.9. The Labute approximate surface area is 96.3 Å². The quantitative estimate of drug-likeness (QED) is 0.565. The summed E-state index contributed by atoms with van der Waals surface area (Å²) in [5.41, 5.74) is 1.38. The summed E-state index contributed by atoms with van der Waals surface area (Å²) in [6, 6.07) is 0.653. The molecule has 0 heterocycles. The van der Waals surface area contributed by atoms with Gasteiger partial charge in [-0.3, -0.25) is 0 Å². The van der Waals surface area contributed by atoms with Gasteiger partial charge >= 0.3 is 0 Å². The van der Waals surface area contributed by atoms with Crippen LogP contribution in [0.5, 0.6) is 0 Å². The average molecular weight is 211 g/mol. The van der Waals surface area contributed by atoms with Crippen molar-refractivity contribution in [3.8, 4) is 0 Å². The Hall–Kier alpha value is -0.300. The predicted molar refractivity (Wildman–Crippen MR) is 70.2 cm³/mol. The topological polar surface area (TPSA) is 12.0 Å². The molecule has 0 aliphatic carbocycles. The third kappa shape index (κ3) is 8.68. The van der Waals surface area contributed by atoms with Gasteiger partial charge in [0.1, 0.15) is 0 Å². The molecule has 0 amide bonds. The Kier molecular flexibility index (Phi) is 8.79. The maximum atomic E-state index is 4.11. The van der Waals surface area contributed by atoms with Gasteiger partial charge in [-0.05, 0) is 44.6 Å². The van der Waals surface area contributed by atoms with Crippen LogP contribution in [0.2, 0.25) is 0 Å². The highest BCUT2D eigenvalue weighted by molar-refractivity contribution is 4.96. The van der Waals surface area contributed by atoms with Crippen LogP contribution in [0.3, 0.4) is 0 Å². The molecule has 0 aliphatic heterocycles. The molecule has 1 nitrogen and oxygen atoms in total. The highest BCUT2D eigenvalue weighted by Gasteiger charge is 2.09. The van der Waals surface area contributed by atoms with Crippen LogP contribution in [-0.2, 0) is 0 Å². The summed E-state index contributed by atoms with van der Waals surface area (Å²) in [4.78, 5) is 0. The Bertz CT molecular complexity index is 161. The summed E-state index contributed by atoms with van der Waals surface area (Å²) >= 11 is 0. The molecule has 0 saturated carbocycles. The lowest BCUT2D eigenvalue weighted by Crippen LogP contribution is -2.30. The van der Waals surface area contributed by atoms with Crippen molar-refractivity contribution < 1.29 is 0 Å². The van der Waals surface area contributed by atoms with Crippen LogP contribution < -0.4 is 5.32 Å². The summed E-state index contributed by atoms with van der Waals surface area (Å²) in [5.74, 6) is 0.811. The van der Waals surface area contributed by atoms with Gasteiger partial charge in [0.05, 0.1) is 0 Å². The molecule has 90 valence electrons. The standard InChI is InChI=1S/C14H29N/c1-6-10-15-14(9-8-12(3)4)11-13(5)7-2/h12,14-15H,5-11H2,1-4H3. The Morgan fingerprint density at radius 1 is 1.20 bits per heavy atom. The van der Waals surface area contributed by atoms with E-state index in [1.54, 1.807) is 0 Å². The molecule has 0 saturated heterocycles. The average Bonchev–Trinajstić information content (AvgIpc) is 2.21. The van der Waals surface area contributed by atoms with Crippen LogP contribution in [0.15, 0.2) is 12.2 Å². The van der Waals surface area contributed by atoms with Gasteiger partial charge in [-0.15, -0.1) is 0 Å².